The molecule has 3 rings (SSSR count). The standard InChI is InChI=1S/C12H12O3/c1-15-11(14)12-5-4-9(13)10(12)7-2-3-8(12)6-7/h2-5,7-8,10H,6H2,1H3/t7-,8-,10-,12-/m0/s1. The number of hydrogen-bond acceptors (Lipinski definition) is 3. The molecule has 78 valence electrons. The zero-order valence-electron chi connectivity index (χ0n) is 8.47. The average molecular weight is 204 g/mol. The van der Waals surface area contributed by atoms with Crippen LogP contribution in [0.25, 0.3) is 0 Å². The molecule has 0 radical (unpaired) electrons. The van der Waals surface area contributed by atoms with Crippen molar-refractivity contribution in [3.8, 4) is 0 Å². The van der Waals surface area contributed by atoms with Gasteiger partial charge in [0.1, 0.15) is 5.41 Å². The van der Waals surface area contributed by atoms with Crippen LogP contribution in [0.5, 0.6) is 0 Å². The number of carbonyl (C=O) groups excluding carboxylic acids is 2. The molecule has 0 N–H and O–H groups in total. The Morgan fingerprint density at radius 2 is 2.33 bits per heavy atom. The van der Waals surface area contributed by atoms with Crippen LogP contribution >= 0.6 is 0 Å². The number of fused-ring (bicyclic) bond motifs is 5. The van der Waals surface area contributed by atoms with Gasteiger partial charge in [0.05, 0.1) is 7.11 Å². The summed E-state index contributed by atoms with van der Waals surface area (Å²) in [5.74, 6) is 0.0166. The van der Waals surface area contributed by atoms with E-state index in [1.165, 1.54) is 7.11 Å². The third-order valence-corrected chi connectivity index (χ3v) is 4.04. The molecule has 15 heavy (non-hydrogen) atoms. The molecule has 3 aliphatic rings. The number of allylic oxidation sites excluding steroid dienone is 3. The van der Waals surface area contributed by atoms with Crippen LogP contribution in [0.1, 0.15) is 6.42 Å². The van der Waals surface area contributed by atoms with E-state index in [4.69, 9.17) is 4.74 Å². The fourth-order valence-corrected chi connectivity index (χ4v) is 3.43. The second kappa shape index (κ2) is 2.60. The molecule has 2 bridgehead atoms. The third-order valence-electron chi connectivity index (χ3n) is 4.04. The molecule has 3 aliphatic carbocycles. The second-order valence-electron chi connectivity index (χ2n) is 4.53. The maximum absolute atomic E-state index is 11.9. The molecule has 0 saturated heterocycles. The predicted molar refractivity (Wildman–Crippen MR) is 52.8 cm³/mol. The van der Waals surface area contributed by atoms with Gasteiger partial charge in [-0.2, -0.15) is 0 Å². The second-order valence-corrected chi connectivity index (χ2v) is 4.53. The Morgan fingerprint density at radius 3 is 3.07 bits per heavy atom. The van der Waals surface area contributed by atoms with Crippen LogP contribution in [-0.4, -0.2) is 18.9 Å². The molecule has 1 saturated carbocycles. The van der Waals surface area contributed by atoms with Crippen molar-refractivity contribution in [2.75, 3.05) is 7.11 Å². The highest BCUT2D eigenvalue weighted by atomic mass is 16.5. The van der Waals surface area contributed by atoms with Crippen LogP contribution in [0.3, 0.4) is 0 Å². The minimum absolute atomic E-state index is 0.0808. The van der Waals surface area contributed by atoms with Gasteiger partial charge in [0.2, 0.25) is 0 Å². The molecule has 3 nitrogen and oxygen atoms in total. The number of rotatable bonds is 1. The van der Waals surface area contributed by atoms with Crippen molar-refractivity contribution in [1.82, 2.24) is 0 Å². The van der Waals surface area contributed by atoms with Crippen molar-refractivity contribution < 1.29 is 14.3 Å². The first-order valence-electron chi connectivity index (χ1n) is 5.20. The summed E-state index contributed by atoms with van der Waals surface area (Å²) in [5, 5.41) is 0. The summed E-state index contributed by atoms with van der Waals surface area (Å²) in [7, 11) is 1.39. The van der Waals surface area contributed by atoms with Gasteiger partial charge in [-0.3, -0.25) is 9.59 Å². The number of hydrogen-bond donors (Lipinski definition) is 0. The van der Waals surface area contributed by atoms with Gasteiger partial charge >= 0.3 is 5.97 Å². The van der Waals surface area contributed by atoms with Crippen molar-refractivity contribution >= 4 is 11.8 Å². The van der Waals surface area contributed by atoms with Crippen molar-refractivity contribution in [3.63, 3.8) is 0 Å². The lowest BCUT2D eigenvalue weighted by Crippen LogP contribution is -2.41. The molecule has 0 aromatic carbocycles. The number of esters is 1. The van der Waals surface area contributed by atoms with E-state index in [0.717, 1.165) is 6.42 Å². The van der Waals surface area contributed by atoms with Crippen molar-refractivity contribution in [2.45, 2.75) is 6.42 Å². The van der Waals surface area contributed by atoms with E-state index >= 15 is 0 Å². The summed E-state index contributed by atoms with van der Waals surface area (Å²) in [6.45, 7) is 0. The zero-order chi connectivity index (χ0) is 10.6. The molecule has 3 heteroatoms. The van der Waals surface area contributed by atoms with Crippen LogP contribution < -0.4 is 0 Å². The third kappa shape index (κ3) is 0.822. The van der Waals surface area contributed by atoms with Gasteiger partial charge in [0.25, 0.3) is 0 Å². The van der Waals surface area contributed by atoms with E-state index in [2.05, 4.69) is 12.2 Å². The molecular weight excluding hydrogens is 192 g/mol. The van der Waals surface area contributed by atoms with E-state index in [1.54, 1.807) is 12.2 Å². The summed E-state index contributed by atoms with van der Waals surface area (Å²) in [5.41, 5.74) is -0.675. The van der Waals surface area contributed by atoms with E-state index in [0.29, 0.717) is 0 Å². The number of carbonyl (C=O) groups is 2. The van der Waals surface area contributed by atoms with Crippen molar-refractivity contribution in [3.05, 3.63) is 24.3 Å². The molecule has 0 aliphatic heterocycles. The first-order chi connectivity index (χ1) is 7.20. The maximum atomic E-state index is 11.9. The van der Waals surface area contributed by atoms with E-state index in [1.807, 2.05) is 0 Å². The first kappa shape index (κ1) is 8.89. The van der Waals surface area contributed by atoms with Crippen molar-refractivity contribution in [1.29, 1.82) is 0 Å². The van der Waals surface area contributed by atoms with Crippen LogP contribution in [0.15, 0.2) is 24.3 Å². The fraction of sp³-hybridized carbons (Fsp3) is 0.500. The van der Waals surface area contributed by atoms with Gasteiger partial charge in [-0.15, -0.1) is 0 Å². The highest BCUT2D eigenvalue weighted by molar-refractivity contribution is 6.03. The Morgan fingerprint density at radius 1 is 1.53 bits per heavy atom. The Labute approximate surface area is 87.8 Å². The highest BCUT2D eigenvalue weighted by Gasteiger charge is 2.64. The van der Waals surface area contributed by atoms with E-state index < -0.39 is 5.41 Å². The molecule has 4 atom stereocenters. The number of ether oxygens (including phenoxy) is 1. The zero-order valence-corrected chi connectivity index (χ0v) is 8.47. The van der Waals surface area contributed by atoms with Gasteiger partial charge in [-0.05, 0) is 24.3 Å². The SMILES string of the molecule is COC(=O)[C@]12C=CC(=O)[C@@H]1[C@H]1C=C[C@H]2C1. The molecule has 0 unspecified atom stereocenters. The quantitative estimate of drug-likeness (QED) is 0.474. The Kier molecular flexibility index (Phi) is 1.54. The smallest absolute Gasteiger partial charge is 0.317 e. The topological polar surface area (TPSA) is 43.4 Å². The van der Waals surface area contributed by atoms with Gasteiger partial charge in [-0.25, -0.2) is 0 Å². The normalized spacial score (nSPS) is 44.9. The van der Waals surface area contributed by atoms with E-state index in [-0.39, 0.29) is 29.5 Å². The Bertz CT molecular complexity index is 407. The first-order valence-corrected chi connectivity index (χ1v) is 5.20. The minimum atomic E-state index is -0.675. The summed E-state index contributed by atoms with van der Waals surface area (Å²) < 4.78 is 4.86. The summed E-state index contributed by atoms with van der Waals surface area (Å²) in [4.78, 5) is 23.6. The summed E-state index contributed by atoms with van der Waals surface area (Å²) >= 11 is 0. The minimum Gasteiger partial charge on any atom is -0.468 e. The van der Waals surface area contributed by atoms with Crippen LogP contribution in [0.4, 0.5) is 0 Å². The van der Waals surface area contributed by atoms with Gasteiger partial charge in [-0.1, -0.05) is 18.2 Å². The predicted octanol–water partition coefficient (Wildman–Crippen LogP) is 1.11. The molecule has 0 aromatic heterocycles. The Balaban J connectivity index is 2.13. The van der Waals surface area contributed by atoms with Gasteiger partial charge < -0.3 is 4.74 Å². The monoisotopic (exact) mass is 204 g/mol. The lowest BCUT2D eigenvalue weighted by Gasteiger charge is -2.31. The molecule has 0 spiro atoms. The van der Waals surface area contributed by atoms with Gasteiger partial charge in [0.15, 0.2) is 5.78 Å². The number of ketones is 1. The molecule has 0 heterocycles. The largest absolute Gasteiger partial charge is 0.468 e. The van der Waals surface area contributed by atoms with Crippen molar-refractivity contribution in [2.24, 2.45) is 23.2 Å². The number of methoxy groups -OCH3 is 1. The molecule has 0 amide bonds. The lowest BCUT2D eigenvalue weighted by atomic mass is 9.70. The molecular formula is C12H12O3. The molecule has 1 fully saturated rings. The maximum Gasteiger partial charge on any atom is 0.317 e. The van der Waals surface area contributed by atoms with Crippen LogP contribution in [-0.2, 0) is 14.3 Å². The average Bonchev–Trinajstić information content (AvgIpc) is 2.89. The molecule has 0 aromatic rings. The van der Waals surface area contributed by atoms with E-state index in [9.17, 15) is 9.59 Å². The highest BCUT2D eigenvalue weighted by Crippen LogP contribution is 2.60. The lowest BCUT2D eigenvalue weighted by molar-refractivity contribution is -0.154. The van der Waals surface area contributed by atoms with Crippen LogP contribution in [0, 0.1) is 23.2 Å². The van der Waals surface area contributed by atoms with Gasteiger partial charge in [0, 0.05) is 5.92 Å². The summed E-state index contributed by atoms with van der Waals surface area (Å²) in [6, 6.07) is 0. The Hall–Kier alpha value is -1.38. The summed E-state index contributed by atoms with van der Waals surface area (Å²) in [6.07, 6.45) is 8.35. The fourth-order valence-electron chi connectivity index (χ4n) is 3.43. The van der Waals surface area contributed by atoms with Crippen LogP contribution in [0.2, 0.25) is 0 Å².